The quantitative estimate of drug-likeness (QED) is 0.307. The fourth-order valence-corrected chi connectivity index (χ4v) is 5.67. The fraction of sp³-hybridized carbons (Fsp3) is 0.952. The van der Waals surface area contributed by atoms with E-state index in [-0.39, 0.29) is 17.9 Å². The summed E-state index contributed by atoms with van der Waals surface area (Å²) in [7, 11) is 0. The highest BCUT2D eigenvalue weighted by Gasteiger charge is 2.47. The Balaban J connectivity index is 1.97. The van der Waals surface area contributed by atoms with Gasteiger partial charge in [-0.25, -0.2) is 0 Å². The van der Waals surface area contributed by atoms with Crippen LogP contribution in [-0.4, -0.2) is 87.5 Å². The molecular formula is C21H40N2O5S2. The van der Waals surface area contributed by atoms with Gasteiger partial charge in [-0.1, -0.05) is 20.8 Å². The van der Waals surface area contributed by atoms with Crippen LogP contribution in [0.3, 0.4) is 0 Å². The summed E-state index contributed by atoms with van der Waals surface area (Å²) in [6.07, 6.45) is 1.51. The highest BCUT2D eigenvalue weighted by atomic mass is 32.2. The summed E-state index contributed by atoms with van der Waals surface area (Å²) in [6.45, 7) is 6.91. The number of piperidine rings is 1. The number of aliphatic hydroxyl groups excluding tert-OH is 3. The van der Waals surface area contributed by atoms with Gasteiger partial charge in [0.05, 0.1) is 12.1 Å². The van der Waals surface area contributed by atoms with Crippen molar-refractivity contribution in [3.05, 3.63) is 0 Å². The van der Waals surface area contributed by atoms with Crippen molar-refractivity contribution in [2.24, 2.45) is 11.8 Å². The van der Waals surface area contributed by atoms with Crippen LogP contribution in [0, 0.1) is 11.8 Å². The number of hydrogen-bond acceptors (Lipinski definition) is 8. The van der Waals surface area contributed by atoms with E-state index in [9.17, 15) is 20.1 Å². The van der Waals surface area contributed by atoms with Crippen molar-refractivity contribution >= 4 is 29.4 Å². The molecule has 2 fully saturated rings. The van der Waals surface area contributed by atoms with Crippen molar-refractivity contribution in [1.29, 1.82) is 0 Å². The molecule has 2 rings (SSSR count). The Labute approximate surface area is 189 Å². The third-order valence-corrected chi connectivity index (χ3v) is 7.99. The normalized spacial score (nSPS) is 35.9. The molecule has 2 heterocycles. The van der Waals surface area contributed by atoms with Crippen molar-refractivity contribution in [2.75, 3.05) is 24.3 Å². The van der Waals surface area contributed by atoms with Crippen LogP contribution >= 0.6 is 23.5 Å². The molecule has 1 amide bonds. The highest BCUT2D eigenvalue weighted by Crippen LogP contribution is 2.30. The largest absolute Gasteiger partial charge is 0.388 e. The lowest BCUT2D eigenvalue weighted by Gasteiger charge is -2.44. The van der Waals surface area contributed by atoms with Gasteiger partial charge in [0.25, 0.3) is 0 Å². The summed E-state index contributed by atoms with van der Waals surface area (Å²) in [5, 5.41) is 37.3. The Kier molecular flexibility index (Phi) is 11.2. The Morgan fingerprint density at radius 3 is 2.60 bits per heavy atom. The Morgan fingerprint density at radius 2 is 1.97 bits per heavy atom. The molecule has 0 radical (unpaired) electrons. The second-order valence-corrected chi connectivity index (χ2v) is 11.0. The molecule has 5 N–H and O–H groups in total. The van der Waals surface area contributed by atoms with E-state index < -0.39 is 35.9 Å². The molecule has 1 unspecified atom stereocenters. The van der Waals surface area contributed by atoms with Crippen LogP contribution in [0.15, 0.2) is 0 Å². The van der Waals surface area contributed by atoms with Crippen molar-refractivity contribution < 1.29 is 24.9 Å². The predicted molar refractivity (Wildman–Crippen MR) is 124 cm³/mol. The van der Waals surface area contributed by atoms with Gasteiger partial charge in [0.15, 0.2) is 0 Å². The zero-order valence-electron chi connectivity index (χ0n) is 18.6. The molecule has 0 aromatic heterocycles. The van der Waals surface area contributed by atoms with Crippen LogP contribution in [0.4, 0.5) is 0 Å². The molecule has 2 aliphatic heterocycles. The maximum atomic E-state index is 13.0. The number of ether oxygens (including phenoxy) is 1. The van der Waals surface area contributed by atoms with Crippen LogP contribution in [0.2, 0.25) is 0 Å². The molecule has 0 aliphatic carbocycles. The zero-order valence-corrected chi connectivity index (χ0v) is 20.3. The van der Waals surface area contributed by atoms with E-state index in [1.807, 2.05) is 25.6 Å². The van der Waals surface area contributed by atoms with E-state index in [0.717, 1.165) is 31.6 Å². The van der Waals surface area contributed by atoms with Crippen molar-refractivity contribution in [2.45, 2.75) is 88.4 Å². The van der Waals surface area contributed by atoms with Crippen molar-refractivity contribution in [3.63, 3.8) is 0 Å². The van der Waals surface area contributed by atoms with E-state index >= 15 is 0 Å². The smallest absolute Gasteiger partial charge is 0.237 e. The van der Waals surface area contributed by atoms with Gasteiger partial charge in [-0.3, -0.25) is 4.79 Å². The van der Waals surface area contributed by atoms with Gasteiger partial charge >= 0.3 is 0 Å². The molecule has 30 heavy (non-hydrogen) atoms. The number of rotatable bonds is 10. The van der Waals surface area contributed by atoms with Crippen LogP contribution in [0.25, 0.3) is 0 Å². The lowest BCUT2D eigenvalue weighted by atomic mass is 9.86. The second-order valence-electron chi connectivity index (χ2n) is 8.69. The zero-order chi connectivity index (χ0) is 22.3. The van der Waals surface area contributed by atoms with Crippen molar-refractivity contribution in [1.82, 2.24) is 10.6 Å². The third-order valence-electron chi connectivity index (χ3n) is 6.15. The first-order chi connectivity index (χ1) is 14.3. The van der Waals surface area contributed by atoms with Gasteiger partial charge in [-0.2, -0.15) is 11.8 Å². The first-order valence-electron chi connectivity index (χ1n) is 11.1. The molecule has 0 bridgehead atoms. The number of thioether (sulfide) groups is 2. The predicted octanol–water partition coefficient (Wildman–Crippen LogP) is 1.20. The number of aliphatic hydroxyl groups is 3. The van der Waals surface area contributed by atoms with Gasteiger partial charge in [0.2, 0.25) is 5.91 Å². The van der Waals surface area contributed by atoms with Crippen molar-refractivity contribution in [3.8, 4) is 0 Å². The molecule has 8 atom stereocenters. The summed E-state index contributed by atoms with van der Waals surface area (Å²) in [5.41, 5.74) is -0.648. The summed E-state index contributed by atoms with van der Waals surface area (Å²) >= 11 is 3.24. The lowest BCUT2D eigenvalue weighted by Crippen LogP contribution is -2.65. The van der Waals surface area contributed by atoms with Gasteiger partial charge < -0.3 is 30.7 Å². The maximum absolute atomic E-state index is 13.0. The van der Waals surface area contributed by atoms with E-state index in [4.69, 9.17) is 4.74 Å². The van der Waals surface area contributed by atoms with E-state index in [0.29, 0.717) is 5.92 Å². The molecule has 2 aliphatic rings. The Morgan fingerprint density at radius 1 is 1.23 bits per heavy atom. The van der Waals surface area contributed by atoms with Gasteiger partial charge in [-0.15, -0.1) is 11.8 Å². The molecule has 2 saturated heterocycles. The van der Waals surface area contributed by atoms with Gasteiger partial charge in [-0.05, 0) is 61.8 Å². The molecule has 7 nitrogen and oxygen atoms in total. The first kappa shape index (κ1) is 26.2. The van der Waals surface area contributed by atoms with E-state index in [2.05, 4.69) is 17.6 Å². The van der Waals surface area contributed by atoms with Crippen LogP contribution in [-0.2, 0) is 9.53 Å². The summed E-state index contributed by atoms with van der Waals surface area (Å²) in [6, 6.07) is -0.719. The van der Waals surface area contributed by atoms with Crippen LogP contribution in [0.5, 0.6) is 0 Å². The molecule has 0 aromatic rings. The number of carbonyl (C=O) groups excluding carboxylic acids is 1. The Bertz CT molecular complexity index is 526. The minimum atomic E-state index is -1.31. The summed E-state index contributed by atoms with van der Waals surface area (Å²) in [4.78, 5) is 13.0. The SMILES string of the molecule is CCSCCC[C@@H]1CCNC(C(=O)N[C@H](C(C)C)[C@H]2O[C@H](SC)[C@H](O)[C@@H](O)[C@H]2O)C1. The monoisotopic (exact) mass is 464 g/mol. The third kappa shape index (κ3) is 6.98. The standard InChI is InChI=1S/C21H40N2O5S2/c1-5-30-10-6-7-13-8-9-22-14(11-13)20(27)23-15(12(2)3)19-17(25)16(24)18(26)21(28-19)29-4/h12-19,21-22,24-26H,5-11H2,1-4H3,(H,23,27)/t13-,14?,15-,16+,17-,18-,19-,21-/m1/s1. The number of amides is 1. The molecule has 9 heteroatoms. The minimum absolute atomic E-state index is 0.0102. The Hall–Kier alpha value is -0.0300. The van der Waals surface area contributed by atoms with Crippen LogP contribution < -0.4 is 10.6 Å². The fourth-order valence-electron chi connectivity index (χ4n) is 4.33. The van der Waals surface area contributed by atoms with Gasteiger partial charge in [0.1, 0.15) is 29.9 Å². The van der Waals surface area contributed by atoms with Crippen LogP contribution in [0.1, 0.15) is 46.5 Å². The molecule has 176 valence electrons. The average molecular weight is 465 g/mol. The number of carbonyl (C=O) groups is 1. The minimum Gasteiger partial charge on any atom is -0.388 e. The first-order valence-corrected chi connectivity index (χ1v) is 13.6. The molecule has 0 saturated carbocycles. The topological polar surface area (TPSA) is 111 Å². The maximum Gasteiger partial charge on any atom is 0.237 e. The van der Waals surface area contributed by atoms with E-state index in [1.54, 1.807) is 6.26 Å². The summed E-state index contributed by atoms with van der Waals surface area (Å²) < 4.78 is 5.90. The highest BCUT2D eigenvalue weighted by molar-refractivity contribution is 7.99. The lowest BCUT2D eigenvalue weighted by molar-refractivity contribution is -0.208. The number of hydrogen-bond donors (Lipinski definition) is 5. The second kappa shape index (κ2) is 12.9. The molecular weight excluding hydrogens is 424 g/mol. The average Bonchev–Trinajstić information content (AvgIpc) is 2.74. The molecule has 0 spiro atoms. The van der Waals surface area contributed by atoms with Gasteiger partial charge in [0, 0.05) is 0 Å². The molecule has 0 aromatic carbocycles. The number of nitrogens with one attached hydrogen (secondary N) is 2. The van der Waals surface area contributed by atoms with E-state index in [1.165, 1.54) is 23.9 Å². The summed E-state index contributed by atoms with van der Waals surface area (Å²) in [5.74, 6) is 2.77.